The molecule has 1 fully saturated rings. The van der Waals surface area contributed by atoms with Gasteiger partial charge in [-0.2, -0.15) is 0 Å². The number of fused-ring (bicyclic) bond motifs is 3. The molecule has 176 valence electrons. The predicted octanol–water partition coefficient (Wildman–Crippen LogP) is 1.39. The summed E-state index contributed by atoms with van der Waals surface area (Å²) in [4.78, 5) is 39.2. The lowest BCUT2D eigenvalue weighted by Crippen LogP contribution is -2.64. The average molecular weight is 457 g/mol. The van der Waals surface area contributed by atoms with E-state index in [-0.39, 0.29) is 16.9 Å². The number of ketones is 2. The van der Waals surface area contributed by atoms with Crippen LogP contribution < -0.4 is 5.32 Å². The van der Waals surface area contributed by atoms with Crippen molar-refractivity contribution in [3.8, 4) is 5.75 Å². The molecule has 6 N–H and O–H groups in total. The fraction of sp³-hybridized carbons (Fsp3) is 0.458. The second kappa shape index (κ2) is 7.16. The van der Waals surface area contributed by atoms with E-state index >= 15 is 0 Å². The third kappa shape index (κ3) is 3.10. The van der Waals surface area contributed by atoms with E-state index in [1.165, 1.54) is 6.07 Å². The molecule has 0 radical (unpaired) electrons. The molecule has 0 bridgehead atoms. The van der Waals surface area contributed by atoms with Gasteiger partial charge in [-0.1, -0.05) is 19.1 Å². The monoisotopic (exact) mass is 457 g/mol. The molecular formula is C24H27NO8. The van der Waals surface area contributed by atoms with Crippen molar-refractivity contribution in [2.45, 2.75) is 57.3 Å². The number of phenols is 1. The van der Waals surface area contributed by atoms with Crippen molar-refractivity contribution >= 4 is 23.2 Å². The molecule has 1 saturated carbocycles. The lowest BCUT2D eigenvalue weighted by Gasteiger charge is -2.50. The Bertz CT molecular complexity index is 1160. The third-order valence-electron chi connectivity index (χ3n) is 6.83. The Labute approximate surface area is 190 Å². The quantitative estimate of drug-likeness (QED) is 0.344. The normalized spacial score (nSPS) is 31.7. The number of carbonyl (C=O) groups is 3. The first kappa shape index (κ1) is 23.0. The predicted molar refractivity (Wildman–Crippen MR) is 116 cm³/mol. The number of aromatic hydroxyl groups is 1. The number of nitrogens with one attached hydrogen (secondary N) is 1. The van der Waals surface area contributed by atoms with Crippen LogP contribution in [0, 0.1) is 11.8 Å². The van der Waals surface area contributed by atoms with E-state index in [1.807, 2.05) is 0 Å². The zero-order valence-corrected chi connectivity index (χ0v) is 18.7. The second-order valence-corrected chi connectivity index (χ2v) is 10.1. The minimum atomic E-state index is -2.79. The molecule has 5 atom stereocenters. The van der Waals surface area contributed by atoms with Crippen LogP contribution in [-0.4, -0.2) is 60.3 Å². The summed E-state index contributed by atoms with van der Waals surface area (Å²) in [6.45, 7) is 6.66. The average Bonchev–Trinajstić information content (AvgIpc) is 2.69. The topological polar surface area (TPSA) is 164 Å². The Morgan fingerprint density at radius 1 is 1.15 bits per heavy atom. The van der Waals surface area contributed by atoms with Crippen LogP contribution in [0.2, 0.25) is 0 Å². The summed E-state index contributed by atoms with van der Waals surface area (Å²) in [6, 6.07) is 4.54. The first-order chi connectivity index (χ1) is 15.2. The summed E-state index contributed by atoms with van der Waals surface area (Å²) < 4.78 is 0. The SMILES string of the molecule is CC1c2cccc(O)c2C(O)=C2C(=O)C3(O)C(O)=C(C(=O)NC(C)(C)C)C(=O)CC3C(O)C21. The number of amides is 1. The van der Waals surface area contributed by atoms with Crippen molar-refractivity contribution in [1.29, 1.82) is 0 Å². The Morgan fingerprint density at radius 3 is 2.39 bits per heavy atom. The van der Waals surface area contributed by atoms with E-state index in [9.17, 15) is 39.9 Å². The minimum absolute atomic E-state index is 0.0000886. The number of rotatable bonds is 1. The van der Waals surface area contributed by atoms with Crippen molar-refractivity contribution in [3.63, 3.8) is 0 Å². The number of hydrogen-bond acceptors (Lipinski definition) is 8. The van der Waals surface area contributed by atoms with Crippen LogP contribution in [-0.2, 0) is 14.4 Å². The van der Waals surface area contributed by atoms with Gasteiger partial charge in [-0.15, -0.1) is 0 Å². The van der Waals surface area contributed by atoms with Crippen molar-refractivity contribution in [3.05, 3.63) is 46.2 Å². The van der Waals surface area contributed by atoms with Gasteiger partial charge in [0.1, 0.15) is 22.8 Å². The summed E-state index contributed by atoms with van der Waals surface area (Å²) in [5, 5.41) is 57.3. The number of aliphatic hydroxyl groups is 4. The number of aliphatic hydroxyl groups excluding tert-OH is 3. The maximum atomic E-state index is 13.6. The van der Waals surface area contributed by atoms with Crippen LogP contribution >= 0.6 is 0 Å². The minimum Gasteiger partial charge on any atom is -0.508 e. The van der Waals surface area contributed by atoms with Crippen molar-refractivity contribution in [2.24, 2.45) is 11.8 Å². The zero-order valence-electron chi connectivity index (χ0n) is 18.7. The Kier molecular flexibility index (Phi) is 4.99. The third-order valence-corrected chi connectivity index (χ3v) is 6.83. The standard InChI is InChI=1S/C24H27NO8/c1-9-10-6-5-7-12(26)15(10)19(29)17-14(9)18(28)11-8-13(27)16(22(32)25-23(2,3)4)20(30)24(11,33)21(17)31/h5-7,9,11,14,18,26,28-30,33H,8H2,1-4H3,(H,25,32). The molecule has 3 aliphatic rings. The van der Waals surface area contributed by atoms with Crippen LogP contribution in [0.25, 0.3) is 5.76 Å². The van der Waals surface area contributed by atoms with E-state index in [1.54, 1.807) is 39.8 Å². The van der Waals surface area contributed by atoms with E-state index in [2.05, 4.69) is 5.32 Å². The van der Waals surface area contributed by atoms with Gasteiger partial charge in [-0.25, -0.2) is 0 Å². The van der Waals surface area contributed by atoms with Gasteiger partial charge in [0.2, 0.25) is 5.78 Å². The number of hydrogen-bond donors (Lipinski definition) is 6. The lowest BCUT2D eigenvalue weighted by molar-refractivity contribution is -0.160. The largest absolute Gasteiger partial charge is 0.508 e. The van der Waals surface area contributed by atoms with Crippen molar-refractivity contribution in [1.82, 2.24) is 5.32 Å². The highest BCUT2D eigenvalue weighted by Crippen LogP contribution is 2.55. The van der Waals surface area contributed by atoms with Gasteiger partial charge >= 0.3 is 0 Å². The van der Waals surface area contributed by atoms with E-state index < -0.39 is 76.0 Å². The van der Waals surface area contributed by atoms with Gasteiger partial charge in [0.15, 0.2) is 11.4 Å². The molecule has 5 unspecified atom stereocenters. The summed E-state index contributed by atoms with van der Waals surface area (Å²) in [5.74, 6) is -7.93. The summed E-state index contributed by atoms with van der Waals surface area (Å²) >= 11 is 0. The first-order valence-electron chi connectivity index (χ1n) is 10.7. The molecule has 33 heavy (non-hydrogen) atoms. The van der Waals surface area contributed by atoms with Gasteiger partial charge in [0.25, 0.3) is 5.91 Å². The molecule has 0 aromatic heterocycles. The van der Waals surface area contributed by atoms with Crippen LogP contribution in [0.3, 0.4) is 0 Å². The van der Waals surface area contributed by atoms with Crippen molar-refractivity contribution < 1.29 is 39.9 Å². The highest BCUT2D eigenvalue weighted by Gasteiger charge is 2.65. The Morgan fingerprint density at radius 2 is 1.79 bits per heavy atom. The molecule has 9 nitrogen and oxygen atoms in total. The molecule has 0 heterocycles. The summed E-state index contributed by atoms with van der Waals surface area (Å²) in [5.41, 5.74) is -4.19. The lowest BCUT2D eigenvalue weighted by atomic mass is 9.55. The van der Waals surface area contributed by atoms with Gasteiger partial charge in [0, 0.05) is 29.4 Å². The molecule has 0 aliphatic heterocycles. The highest BCUT2D eigenvalue weighted by atomic mass is 16.4. The van der Waals surface area contributed by atoms with Crippen molar-refractivity contribution in [2.75, 3.05) is 0 Å². The van der Waals surface area contributed by atoms with Gasteiger partial charge in [0.05, 0.1) is 11.7 Å². The van der Waals surface area contributed by atoms with Crippen LogP contribution in [0.4, 0.5) is 0 Å². The van der Waals surface area contributed by atoms with E-state index in [4.69, 9.17) is 0 Å². The Hall–Kier alpha value is -3.17. The Balaban J connectivity index is 1.93. The maximum Gasteiger partial charge on any atom is 0.258 e. The number of Topliss-reactive ketones (excluding diaryl/α,β-unsaturated/α-hetero) is 2. The maximum absolute atomic E-state index is 13.6. The molecule has 9 heteroatoms. The molecule has 0 saturated heterocycles. The molecule has 4 rings (SSSR count). The fourth-order valence-corrected chi connectivity index (χ4v) is 5.34. The number of benzene rings is 1. The van der Waals surface area contributed by atoms with Gasteiger partial charge in [-0.05, 0) is 38.3 Å². The molecule has 1 aromatic rings. The number of carbonyl (C=O) groups excluding carboxylic acids is 3. The molecule has 3 aliphatic carbocycles. The van der Waals surface area contributed by atoms with Crippen LogP contribution in [0.1, 0.15) is 51.2 Å². The van der Waals surface area contributed by atoms with Crippen LogP contribution in [0.15, 0.2) is 35.1 Å². The fourth-order valence-electron chi connectivity index (χ4n) is 5.34. The summed E-state index contributed by atoms with van der Waals surface area (Å²) in [6.07, 6.45) is -2.06. The molecular weight excluding hydrogens is 430 g/mol. The van der Waals surface area contributed by atoms with E-state index in [0.29, 0.717) is 5.56 Å². The molecule has 0 spiro atoms. The first-order valence-corrected chi connectivity index (χ1v) is 10.7. The van der Waals surface area contributed by atoms with Crippen LogP contribution in [0.5, 0.6) is 5.75 Å². The van der Waals surface area contributed by atoms with E-state index in [0.717, 1.165) is 0 Å². The molecule has 1 amide bonds. The molecule has 1 aromatic carbocycles. The summed E-state index contributed by atoms with van der Waals surface area (Å²) in [7, 11) is 0. The highest BCUT2D eigenvalue weighted by molar-refractivity contribution is 6.23. The smallest absolute Gasteiger partial charge is 0.258 e. The van der Waals surface area contributed by atoms with Gasteiger partial charge in [-0.3, -0.25) is 14.4 Å². The zero-order chi connectivity index (χ0) is 24.6. The second-order valence-electron chi connectivity index (χ2n) is 10.1. The number of phenolic OH excluding ortho intramolecular Hbond substituents is 1. The van der Waals surface area contributed by atoms with Gasteiger partial charge < -0.3 is 30.8 Å².